The largest absolute Gasteiger partial charge is 0.462 e. The highest BCUT2D eigenvalue weighted by Crippen LogP contribution is 2.32. The molecule has 0 bridgehead atoms. The number of hydrogen-bond donors (Lipinski definition) is 1. The minimum Gasteiger partial charge on any atom is -0.462 e. The fraction of sp³-hybridized carbons (Fsp3) is 0.385. The Labute approximate surface area is 123 Å². The molecule has 0 radical (unpaired) electrons. The first-order valence-corrected chi connectivity index (χ1v) is 6.05. The zero-order valence-corrected chi connectivity index (χ0v) is 11.7. The molecule has 22 heavy (non-hydrogen) atoms. The van der Waals surface area contributed by atoms with E-state index in [1.54, 1.807) is 0 Å². The van der Waals surface area contributed by atoms with Gasteiger partial charge in [0.25, 0.3) is 5.91 Å². The molecule has 0 fully saturated rings. The lowest BCUT2D eigenvalue weighted by Crippen LogP contribution is -2.65. The van der Waals surface area contributed by atoms with Crippen molar-refractivity contribution in [1.29, 1.82) is 0 Å². The molecule has 122 valence electrons. The van der Waals surface area contributed by atoms with Gasteiger partial charge in [0.2, 0.25) is 0 Å². The van der Waals surface area contributed by atoms with Gasteiger partial charge in [0.05, 0.1) is 6.61 Å². The van der Waals surface area contributed by atoms with E-state index < -0.39 is 29.6 Å². The molecule has 1 atom stereocenters. The molecule has 1 rings (SSSR count). The summed E-state index contributed by atoms with van der Waals surface area (Å²) in [5.41, 5.74) is -3.93. The SMILES string of the molecule is CCOC(=O)[C@@](NC(=O)c1ccc(F)cc1)(OC)C(F)(F)F. The van der Waals surface area contributed by atoms with E-state index in [1.807, 2.05) is 0 Å². The van der Waals surface area contributed by atoms with Gasteiger partial charge in [0, 0.05) is 12.7 Å². The summed E-state index contributed by atoms with van der Waals surface area (Å²) in [6.45, 7) is 0.961. The number of benzene rings is 1. The van der Waals surface area contributed by atoms with Gasteiger partial charge in [-0.3, -0.25) is 4.79 Å². The normalized spacial score (nSPS) is 14.1. The zero-order chi connectivity index (χ0) is 17.0. The molecule has 0 heterocycles. The predicted octanol–water partition coefficient (Wildman–Crippen LogP) is 2.02. The first-order chi connectivity index (χ1) is 10.2. The summed E-state index contributed by atoms with van der Waals surface area (Å²) >= 11 is 0. The van der Waals surface area contributed by atoms with E-state index >= 15 is 0 Å². The molecule has 9 heteroatoms. The van der Waals surface area contributed by atoms with E-state index in [4.69, 9.17) is 0 Å². The Kier molecular flexibility index (Phi) is 5.48. The zero-order valence-electron chi connectivity index (χ0n) is 11.7. The summed E-state index contributed by atoms with van der Waals surface area (Å²) < 4.78 is 60.9. The van der Waals surface area contributed by atoms with Gasteiger partial charge in [-0.15, -0.1) is 0 Å². The van der Waals surface area contributed by atoms with Crippen LogP contribution in [-0.4, -0.2) is 37.5 Å². The van der Waals surface area contributed by atoms with E-state index in [0.717, 1.165) is 24.3 Å². The summed E-state index contributed by atoms with van der Waals surface area (Å²) in [7, 11) is 0.606. The van der Waals surface area contributed by atoms with E-state index in [1.165, 1.54) is 12.2 Å². The number of methoxy groups -OCH3 is 1. The average molecular weight is 323 g/mol. The first-order valence-electron chi connectivity index (χ1n) is 6.05. The highest BCUT2D eigenvalue weighted by molar-refractivity contribution is 5.98. The third kappa shape index (κ3) is 3.53. The molecule has 1 aromatic rings. The maximum atomic E-state index is 13.2. The van der Waals surface area contributed by atoms with Crippen molar-refractivity contribution in [1.82, 2.24) is 5.32 Å². The van der Waals surface area contributed by atoms with Crippen LogP contribution in [0.5, 0.6) is 0 Å². The lowest BCUT2D eigenvalue weighted by atomic mass is 10.1. The molecule has 5 nitrogen and oxygen atoms in total. The Morgan fingerprint density at radius 2 is 1.73 bits per heavy atom. The standard InChI is InChI=1S/C13H13F4NO4/c1-3-22-11(20)12(21-2,13(15,16)17)18-10(19)8-4-6-9(14)7-5-8/h4-7H,3H2,1-2H3,(H,18,19)/t12-/m1/s1. The first kappa shape index (κ1) is 17.9. The van der Waals surface area contributed by atoms with Crippen LogP contribution in [0.3, 0.4) is 0 Å². The molecule has 0 aliphatic carbocycles. The van der Waals surface area contributed by atoms with Crippen molar-refractivity contribution in [3.05, 3.63) is 35.6 Å². The van der Waals surface area contributed by atoms with Crippen molar-refractivity contribution in [2.24, 2.45) is 0 Å². The Balaban J connectivity index is 3.15. The third-order valence-corrected chi connectivity index (χ3v) is 2.66. The highest BCUT2D eigenvalue weighted by atomic mass is 19.4. The van der Waals surface area contributed by atoms with Crippen molar-refractivity contribution in [2.45, 2.75) is 18.8 Å². The summed E-state index contributed by atoms with van der Waals surface area (Å²) in [6, 6.07) is 3.71. The molecular formula is C13H13F4NO4. The number of nitrogens with one attached hydrogen (secondary N) is 1. The summed E-state index contributed by atoms with van der Waals surface area (Å²) in [6.07, 6.45) is -5.26. The average Bonchev–Trinajstić information content (AvgIpc) is 2.44. The molecule has 0 aromatic heterocycles. The fourth-order valence-electron chi connectivity index (χ4n) is 1.55. The van der Waals surface area contributed by atoms with Crippen LogP contribution in [0.4, 0.5) is 17.6 Å². The predicted molar refractivity (Wildman–Crippen MR) is 66.3 cm³/mol. The Bertz CT molecular complexity index is 544. The summed E-state index contributed by atoms with van der Waals surface area (Å²) in [4.78, 5) is 23.5. The van der Waals surface area contributed by atoms with Crippen LogP contribution in [0.2, 0.25) is 0 Å². The lowest BCUT2D eigenvalue weighted by molar-refractivity contribution is -0.277. The van der Waals surface area contributed by atoms with Gasteiger partial charge in [-0.05, 0) is 31.2 Å². The molecular weight excluding hydrogens is 310 g/mol. The molecule has 1 aromatic carbocycles. The monoisotopic (exact) mass is 323 g/mol. The number of alkyl halides is 3. The van der Waals surface area contributed by atoms with Crippen molar-refractivity contribution < 1.29 is 36.6 Å². The van der Waals surface area contributed by atoms with Crippen LogP contribution in [0.15, 0.2) is 24.3 Å². The number of carbonyl (C=O) groups is 2. The van der Waals surface area contributed by atoms with Crippen LogP contribution in [0, 0.1) is 5.82 Å². The topological polar surface area (TPSA) is 64.6 Å². The summed E-state index contributed by atoms with van der Waals surface area (Å²) in [5, 5.41) is 1.46. The minimum absolute atomic E-state index is 0.281. The van der Waals surface area contributed by atoms with E-state index in [9.17, 15) is 27.2 Å². The van der Waals surface area contributed by atoms with Crippen LogP contribution >= 0.6 is 0 Å². The fourth-order valence-corrected chi connectivity index (χ4v) is 1.55. The number of ether oxygens (including phenoxy) is 2. The molecule has 0 saturated carbocycles. The molecule has 0 saturated heterocycles. The van der Waals surface area contributed by atoms with Gasteiger partial charge < -0.3 is 14.8 Å². The second-order valence-corrected chi connectivity index (χ2v) is 4.06. The van der Waals surface area contributed by atoms with Gasteiger partial charge in [-0.2, -0.15) is 13.2 Å². The summed E-state index contributed by atoms with van der Waals surface area (Å²) in [5.74, 6) is -3.75. The molecule has 1 N–H and O–H groups in total. The van der Waals surface area contributed by atoms with Crippen molar-refractivity contribution >= 4 is 11.9 Å². The highest BCUT2D eigenvalue weighted by Gasteiger charge is 2.64. The molecule has 0 unspecified atom stereocenters. The van der Waals surface area contributed by atoms with Gasteiger partial charge in [0.1, 0.15) is 5.82 Å². The molecule has 0 spiro atoms. The van der Waals surface area contributed by atoms with Gasteiger partial charge >= 0.3 is 17.9 Å². The number of halogens is 4. The van der Waals surface area contributed by atoms with E-state index in [2.05, 4.69) is 9.47 Å². The van der Waals surface area contributed by atoms with E-state index in [-0.39, 0.29) is 12.2 Å². The van der Waals surface area contributed by atoms with Crippen molar-refractivity contribution in [2.75, 3.05) is 13.7 Å². The van der Waals surface area contributed by atoms with E-state index in [0.29, 0.717) is 7.11 Å². The Morgan fingerprint density at radius 3 is 2.14 bits per heavy atom. The molecule has 0 aliphatic rings. The van der Waals surface area contributed by atoms with Crippen molar-refractivity contribution in [3.8, 4) is 0 Å². The van der Waals surface area contributed by atoms with Crippen LogP contribution in [-0.2, 0) is 14.3 Å². The second-order valence-electron chi connectivity index (χ2n) is 4.06. The minimum atomic E-state index is -5.26. The maximum Gasteiger partial charge on any atom is 0.448 e. The van der Waals surface area contributed by atoms with Gasteiger partial charge in [-0.1, -0.05) is 0 Å². The van der Waals surface area contributed by atoms with Crippen LogP contribution < -0.4 is 5.32 Å². The number of esters is 1. The smallest absolute Gasteiger partial charge is 0.448 e. The second kappa shape index (κ2) is 6.73. The number of rotatable bonds is 5. The lowest BCUT2D eigenvalue weighted by Gasteiger charge is -2.32. The number of carbonyl (C=O) groups excluding carboxylic acids is 2. The van der Waals surface area contributed by atoms with Gasteiger partial charge in [-0.25, -0.2) is 9.18 Å². The van der Waals surface area contributed by atoms with Crippen molar-refractivity contribution in [3.63, 3.8) is 0 Å². The Hall–Kier alpha value is -2.16. The quantitative estimate of drug-likeness (QED) is 0.511. The van der Waals surface area contributed by atoms with Gasteiger partial charge in [0.15, 0.2) is 0 Å². The van der Waals surface area contributed by atoms with Crippen LogP contribution in [0.1, 0.15) is 17.3 Å². The third-order valence-electron chi connectivity index (χ3n) is 2.66. The Morgan fingerprint density at radius 1 is 1.18 bits per heavy atom. The number of amides is 1. The maximum absolute atomic E-state index is 13.2. The molecule has 1 amide bonds. The number of hydrogen-bond acceptors (Lipinski definition) is 4. The molecule has 0 aliphatic heterocycles. The van der Waals surface area contributed by atoms with Crippen LogP contribution in [0.25, 0.3) is 0 Å².